The molecule has 0 heterocycles. The van der Waals surface area contributed by atoms with E-state index in [-0.39, 0.29) is 25.1 Å². The van der Waals surface area contributed by atoms with E-state index in [1.54, 1.807) is 12.1 Å². The number of carboxylic acid groups (broad SMARTS) is 2. The van der Waals surface area contributed by atoms with Gasteiger partial charge in [0.2, 0.25) is 36.1 Å². The molecule has 0 saturated carbocycles. The van der Waals surface area contributed by atoms with Crippen LogP contribution in [0.3, 0.4) is 0 Å². The van der Waals surface area contributed by atoms with Crippen molar-refractivity contribution >= 4 is 47.7 Å². The smallest absolute Gasteiger partial charge is 0.344 e. The highest BCUT2D eigenvalue weighted by molar-refractivity contribution is 5.96. The van der Waals surface area contributed by atoms with Gasteiger partial charge in [-0.3, -0.25) is 28.8 Å². The Hall–Kier alpha value is -5.30. The third-order valence-corrected chi connectivity index (χ3v) is 6.53. The third-order valence-electron chi connectivity index (χ3n) is 6.53. The predicted molar refractivity (Wildman–Crippen MR) is 169 cm³/mol. The highest BCUT2D eigenvalue weighted by Crippen LogP contribution is 2.11. The molecule has 266 valence electrons. The number of unbranched alkanes of at least 4 members (excludes halogenated alkanes) is 1. The standard InChI is InChI=1S/C29H44N8O11/c1-16(25(43)32-11-12-33-48-15-24(41)42)34-28(46)21(5-3-4-10-30)36-26(44)17(2)35-29(47)22(14-23(39)40)37-27(45)20(31)13-18-6-8-19(38)9-7-18/h6-9,12,16-17,20-22,38H,3-5,10-11,13-15,30-31H2,1-2H3,(H,32,43)(H,34,46)(H,35,47)(H,36,44)(H,37,45)(H,39,40)(H,41,42)/b33-12+/t16-,17-,20-,21-,22-/m0/s1. The van der Waals surface area contributed by atoms with Gasteiger partial charge in [0.25, 0.3) is 0 Å². The number of nitrogens with two attached hydrogens (primary N) is 2. The van der Waals surface area contributed by atoms with Crippen molar-refractivity contribution < 1.29 is 53.7 Å². The van der Waals surface area contributed by atoms with Gasteiger partial charge in [-0.15, -0.1) is 0 Å². The van der Waals surface area contributed by atoms with Gasteiger partial charge in [0.1, 0.15) is 29.9 Å². The summed E-state index contributed by atoms with van der Waals surface area (Å²) in [7, 11) is 0. The number of aliphatic carboxylic acids is 2. The van der Waals surface area contributed by atoms with Crippen molar-refractivity contribution in [3.8, 4) is 5.75 Å². The molecule has 1 aromatic carbocycles. The van der Waals surface area contributed by atoms with Crippen molar-refractivity contribution in [3.05, 3.63) is 29.8 Å². The molecule has 12 N–H and O–H groups in total. The minimum absolute atomic E-state index is 0.0133. The number of hydrogen-bond donors (Lipinski definition) is 10. The number of carbonyl (C=O) groups is 7. The van der Waals surface area contributed by atoms with Crippen LogP contribution in [0.2, 0.25) is 0 Å². The largest absolute Gasteiger partial charge is 0.508 e. The van der Waals surface area contributed by atoms with E-state index < -0.39 is 84.7 Å². The summed E-state index contributed by atoms with van der Waals surface area (Å²) in [5.74, 6) is -6.57. The first kappa shape index (κ1) is 40.7. The summed E-state index contributed by atoms with van der Waals surface area (Å²) in [4.78, 5) is 90.3. The van der Waals surface area contributed by atoms with Gasteiger partial charge in [0.05, 0.1) is 25.2 Å². The highest BCUT2D eigenvalue weighted by atomic mass is 16.6. The van der Waals surface area contributed by atoms with Crippen molar-refractivity contribution in [2.45, 2.75) is 76.2 Å². The Morgan fingerprint density at radius 1 is 0.812 bits per heavy atom. The molecular formula is C29H44N8O11. The van der Waals surface area contributed by atoms with Crippen molar-refractivity contribution in [3.63, 3.8) is 0 Å². The zero-order valence-corrected chi connectivity index (χ0v) is 26.6. The number of hydrogen-bond acceptors (Lipinski definition) is 12. The fourth-order valence-electron chi connectivity index (χ4n) is 3.94. The molecule has 0 aliphatic carbocycles. The Bertz CT molecular complexity index is 1290. The minimum atomic E-state index is -1.59. The Balaban J connectivity index is 2.81. The number of nitrogens with zero attached hydrogens (tertiary/aromatic N) is 1. The van der Waals surface area contributed by atoms with Gasteiger partial charge >= 0.3 is 11.9 Å². The first-order chi connectivity index (χ1) is 22.6. The molecule has 0 aromatic heterocycles. The second kappa shape index (κ2) is 21.5. The number of carboxylic acids is 2. The summed E-state index contributed by atoms with van der Waals surface area (Å²) in [6.45, 7) is 2.21. The van der Waals surface area contributed by atoms with Crippen LogP contribution in [0.4, 0.5) is 0 Å². The Morgan fingerprint density at radius 3 is 1.98 bits per heavy atom. The molecule has 1 aromatic rings. The van der Waals surface area contributed by atoms with Gasteiger partial charge in [-0.25, -0.2) is 4.79 Å². The van der Waals surface area contributed by atoms with Crippen LogP contribution in [0.25, 0.3) is 0 Å². The predicted octanol–water partition coefficient (Wildman–Crippen LogP) is -2.95. The van der Waals surface area contributed by atoms with Crippen LogP contribution in [-0.4, -0.2) is 113 Å². The molecule has 19 heteroatoms. The molecule has 5 atom stereocenters. The summed E-state index contributed by atoms with van der Waals surface area (Å²) >= 11 is 0. The van der Waals surface area contributed by atoms with Crippen molar-refractivity contribution in [1.82, 2.24) is 26.6 Å². The average molecular weight is 681 g/mol. The normalized spacial score (nSPS) is 14.0. The van der Waals surface area contributed by atoms with E-state index in [0.717, 1.165) is 6.21 Å². The number of aromatic hydroxyl groups is 1. The molecule has 0 aliphatic heterocycles. The highest BCUT2D eigenvalue weighted by Gasteiger charge is 2.30. The van der Waals surface area contributed by atoms with Gasteiger partial charge in [0.15, 0.2) is 0 Å². The molecule has 0 aliphatic rings. The van der Waals surface area contributed by atoms with Gasteiger partial charge in [0, 0.05) is 0 Å². The second-order valence-corrected chi connectivity index (χ2v) is 10.6. The summed E-state index contributed by atoms with van der Waals surface area (Å²) in [6.07, 6.45) is 1.41. The van der Waals surface area contributed by atoms with E-state index in [1.165, 1.54) is 26.0 Å². The van der Waals surface area contributed by atoms with Crippen LogP contribution in [0.5, 0.6) is 5.75 Å². The maximum Gasteiger partial charge on any atom is 0.344 e. The summed E-state index contributed by atoms with van der Waals surface area (Å²) in [5, 5.41) is 42.6. The lowest BCUT2D eigenvalue weighted by Gasteiger charge is -2.24. The first-order valence-corrected chi connectivity index (χ1v) is 14.9. The Labute approximate surface area is 276 Å². The average Bonchev–Trinajstić information content (AvgIpc) is 3.02. The molecule has 0 bridgehead atoms. The topological polar surface area (TPSA) is 314 Å². The van der Waals surface area contributed by atoms with Crippen LogP contribution in [-0.2, 0) is 44.8 Å². The van der Waals surface area contributed by atoms with Crippen LogP contribution >= 0.6 is 0 Å². The number of nitrogens with one attached hydrogen (secondary N) is 5. The number of oxime groups is 1. The van der Waals surface area contributed by atoms with Crippen LogP contribution in [0, 0.1) is 0 Å². The van der Waals surface area contributed by atoms with E-state index >= 15 is 0 Å². The molecule has 0 fully saturated rings. The van der Waals surface area contributed by atoms with Crippen molar-refractivity contribution in [2.24, 2.45) is 16.6 Å². The molecule has 1 rings (SSSR count). The summed E-state index contributed by atoms with van der Waals surface area (Å²) in [5.41, 5.74) is 12.1. The summed E-state index contributed by atoms with van der Waals surface area (Å²) < 4.78 is 0. The monoisotopic (exact) mass is 680 g/mol. The lowest BCUT2D eigenvalue weighted by Crippen LogP contribution is -2.58. The number of amides is 5. The Morgan fingerprint density at radius 2 is 1.40 bits per heavy atom. The van der Waals surface area contributed by atoms with Gasteiger partial charge in [-0.2, -0.15) is 0 Å². The molecule has 19 nitrogen and oxygen atoms in total. The van der Waals surface area contributed by atoms with Crippen LogP contribution < -0.4 is 38.1 Å². The quantitative estimate of drug-likeness (QED) is 0.0333. The fourth-order valence-corrected chi connectivity index (χ4v) is 3.94. The SMILES string of the molecule is C[C@H](NC(=O)[C@H](CCCCN)NC(=O)[C@H](C)NC(=O)[C@H](CC(=O)O)NC(=O)[C@@H](N)Cc1ccc(O)cc1)C(=O)NC/C=N/OCC(=O)O. The second-order valence-electron chi connectivity index (χ2n) is 10.6. The number of phenolic OH excluding ortho intramolecular Hbond substituents is 1. The lowest BCUT2D eigenvalue weighted by molar-refractivity contribution is -0.142. The third kappa shape index (κ3) is 16.3. The van der Waals surface area contributed by atoms with E-state index in [2.05, 4.69) is 36.6 Å². The number of benzene rings is 1. The zero-order valence-electron chi connectivity index (χ0n) is 26.6. The van der Waals surface area contributed by atoms with Crippen LogP contribution in [0.1, 0.15) is 45.1 Å². The van der Waals surface area contributed by atoms with E-state index in [1.807, 2.05) is 0 Å². The number of phenols is 1. The maximum atomic E-state index is 13.0. The molecule has 5 amide bonds. The minimum Gasteiger partial charge on any atom is -0.508 e. The van der Waals surface area contributed by atoms with Crippen LogP contribution in [0.15, 0.2) is 29.4 Å². The van der Waals surface area contributed by atoms with Gasteiger partial charge < -0.3 is 58.2 Å². The van der Waals surface area contributed by atoms with Crippen molar-refractivity contribution in [1.29, 1.82) is 0 Å². The van der Waals surface area contributed by atoms with E-state index in [4.69, 9.17) is 16.6 Å². The number of rotatable bonds is 22. The van der Waals surface area contributed by atoms with E-state index in [0.29, 0.717) is 24.9 Å². The summed E-state index contributed by atoms with van der Waals surface area (Å²) in [6, 6.07) is -0.344. The lowest BCUT2D eigenvalue weighted by atomic mass is 10.0. The van der Waals surface area contributed by atoms with Gasteiger partial charge in [-0.1, -0.05) is 17.3 Å². The number of carbonyl (C=O) groups excluding carboxylic acids is 5. The molecular weight excluding hydrogens is 636 g/mol. The molecule has 0 spiro atoms. The Kier molecular flexibility index (Phi) is 18.2. The first-order valence-electron chi connectivity index (χ1n) is 14.9. The van der Waals surface area contributed by atoms with Crippen molar-refractivity contribution in [2.75, 3.05) is 19.7 Å². The molecule has 0 radical (unpaired) electrons. The molecule has 0 saturated heterocycles. The fraction of sp³-hybridized carbons (Fsp3) is 0.517. The zero-order chi connectivity index (χ0) is 36.2. The maximum absolute atomic E-state index is 13.0. The molecule has 0 unspecified atom stereocenters. The van der Waals surface area contributed by atoms with E-state index in [9.17, 15) is 43.8 Å². The van der Waals surface area contributed by atoms with Gasteiger partial charge in [-0.05, 0) is 63.8 Å². The molecule has 48 heavy (non-hydrogen) atoms.